The Morgan fingerprint density at radius 1 is 0.935 bits per heavy atom. The molecule has 1 aliphatic rings. The lowest BCUT2D eigenvalue weighted by Crippen LogP contribution is -2.50. The Morgan fingerprint density at radius 3 is 1.94 bits per heavy atom. The Balaban J connectivity index is 1.66. The maximum atomic E-state index is 12.9. The number of aromatic amines is 1. The largest absolute Gasteiger partial charge is 0.465 e. The van der Waals surface area contributed by atoms with Crippen LogP contribution in [0.3, 0.4) is 0 Å². The molecule has 1 fully saturated rings. The van der Waals surface area contributed by atoms with Gasteiger partial charge in [0.15, 0.2) is 0 Å². The number of rotatable bonds is 3. The van der Waals surface area contributed by atoms with E-state index in [1.807, 2.05) is 0 Å². The summed E-state index contributed by atoms with van der Waals surface area (Å²) >= 11 is 0. The summed E-state index contributed by atoms with van der Waals surface area (Å²) in [5, 5.41) is 0. The minimum atomic E-state index is -4.46. The van der Waals surface area contributed by atoms with Gasteiger partial charge in [-0.2, -0.15) is 13.2 Å². The number of benzene rings is 1. The van der Waals surface area contributed by atoms with Crippen LogP contribution < -0.4 is 0 Å². The van der Waals surface area contributed by atoms with Gasteiger partial charge in [-0.1, -0.05) is 0 Å². The molecule has 2 aromatic rings. The number of ether oxygens (including phenoxy) is 1. The quantitative estimate of drug-likeness (QED) is 0.749. The van der Waals surface area contributed by atoms with E-state index >= 15 is 0 Å². The molecular weight excluding hydrogens is 415 g/mol. The van der Waals surface area contributed by atoms with Gasteiger partial charge in [0.05, 0.1) is 18.2 Å². The number of carbonyl (C=O) groups is 3. The molecule has 166 valence electrons. The third-order valence-electron chi connectivity index (χ3n) is 5.35. The number of halogens is 3. The first-order chi connectivity index (χ1) is 14.5. The third-order valence-corrected chi connectivity index (χ3v) is 5.35. The van der Waals surface area contributed by atoms with Gasteiger partial charge < -0.3 is 19.5 Å². The maximum Gasteiger partial charge on any atom is 0.416 e. The third kappa shape index (κ3) is 4.42. The lowest BCUT2D eigenvalue weighted by molar-refractivity contribution is -0.137. The van der Waals surface area contributed by atoms with Gasteiger partial charge >= 0.3 is 12.1 Å². The summed E-state index contributed by atoms with van der Waals surface area (Å²) in [5.74, 6) is -1.21. The monoisotopic (exact) mass is 437 g/mol. The number of hydrogen-bond donors (Lipinski definition) is 1. The molecule has 1 N–H and O–H groups in total. The van der Waals surface area contributed by atoms with Crippen molar-refractivity contribution < 1.29 is 32.3 Å². The van der Waals surface area contributed by atoms with E-state index in [-0.39, 0.29) is 43.6 Å². The molecule has 1 aromatic heterocycles. The van der Waals surface area contributed by atoms with Crippen LogP contribution in [0, 0.1) is 13.8 Å². The van der Waals surface area contributed by atoms with Crippen molar-refractivity contribution in [3.05, 3.63) is 57.9 Å². The minimum absolute atomic E-state index is 0.159. The first-order valence-corrected chi connectivity index (χ1v) is 9.58. The Bertz CT molecular complexity index is 1000. The first kappa shape index (κ1) is 22.4. The number of piperazine rings is 1. The number of H-pyrrole nitrogens is 1. The predicted molar refractivity (Wildman–Crippen MR) is 105 cm³/mol. The minimum Gasteiger partial charge on any atom is -0.465 e. The molecule has 10 heteroatoms. The number of nitrogens with zero attached hydrogens (tertiary/aromatic N) is 2. The molecule has 1 aliphatic heterocycles. The van der Waals surface area contributed by atoms with Crippen molar-refractivity contribution in [1.82, 2.24) is 14.8 Å². The van der Waals surface area contributed by atoms with Gasteiger partial charge in [-0.05, 0) is 43.7 Å². The summed E-state index contributed by atoms with van der Waals surface area (Å²) in [6, 6.07) is 4.06. The molecule has 7 nitrogen and oxygen atoms in total. The van der Waals surface area contributed by atoms with Crippen molar-refractivity contribution in [3.8, 4) is 0 Å². The highest BCUT2D eigenvalue weighted by Crippen LogP contribution is 2.29. The van der Waals surface area contributed by atoms with Gasteiger partial charge in [-0.25, -0.2) is 4.79 Å². The van der Waals surface area contributed by atoms with E-state index in [1.54, 1.807) is 18.7 Å². The van der Waals surface area contributed by atoms with E-state index in [1.165, 1.54) is 12.0 Å². The molecule has 31 heavy (non-hydrogen) atoms. The molecule has 0 saturated carbocycles. The summed E-state index contributed by atoms with van der Waals surface area (Å²) in [7, 11) is 1.27. The number of esters is 1. The fourth-order valence-electron chi connectivity index (χ4n) is 3.63. The van der Waals surface area contributed by atoms with Gasteiger partial charge in [0.2, 0.25) is 0 Å². The average molecular weight is 437 g/mol. The van der Waals surface area contributed by atoms with Crippen LogP contribution in [-0.4, -0.2) is 65.9 Å². The Morgan fingerprint density at radius 2 is 1.45 bits per heavy atom. The smallest absolute Gasteiger partial charge is 0.416 e. The average Bonchev–Trinajstić information content (AvgIpc) is 3.05. The van der Waals surface area contributed by atoms with Crippen LogP contribution >= 0.6 is 0 Å². The van der Waals surface area contributed by atoms with Gasteiger partial charge in [0.1, 0.15) is 5.69 Å². The molecule has 3 rings (SSSR count). The number of amides is 2. The lowest BCUT2D eigenvalue weighted by Gasteiger charge is -2.34. The summed E-state index contributed by atoms with van der Waals surface area (Å²) < 4.78 is 42.8. The molecule has 1 saturated heterocycles. The first-order valence-electron chi connectivity index (χ1n) is 9.58. The van der Waals surface area contributed by atoms with E-state index in [2.05, 4.69) is 4.98 Å². The van der Waals surface area contributed by atoms with Crippen molar-refractivity contribution in [1.29, 1.82) is 0 Å². The van der Waals surface area contributed by atoms with Crippen molar-refractivity contribution >= 4 is 17.8 Å². The van der Waals surface area contributed by atoms with Gasteiger partial charge in [0, 0.05) is 37.4 Å². The summed E-state index contributed by atoms with van der Waals surface area (Å²) in [5.41, 5.74) is 0.984. The van der Waals surface area contributed by atoms with Crippen LogP contribution in [-0.2, 0) is 10.9 Å². The van der Waals surface area contributed by atoms with Crippen LogP contribution in [0.25, 0.3) is 0 Å². The second-order valence-corrected chi connectivity index (χ2v) is 7.28. The fourth-order valence-corrected chi connectivity index (χ4v) is 3.63. The molecule has 2 heterocycles. The van der Waals surface area contributed by atoms with Crippen molar-refractivity contribution in [2.24, 2.45) is 0 Å². The number of aryl methyl sites for hydroxylation is 1. The van der Waals surface area contributed by atoms with Gasteiger partial charge in [-0.3, -0.25) is 9.59 Å². The van der Waals surface area contributed by atoms with Crippen LogP contribution in [0.5, 0.6) is 0 Å². The topological polar surface area (TPSA) is 82.7 Å². The molecular formula is C21H22F3N3O4. The Labute approximate surface area is 176 Å². The number of carbonyl (C=O) groups excluding carboxylic acids is 3. The molecule has 0 aliphatic carbocycles. The molecule has 0 spiro atoms. The standard InChI is InChI=1S/C21H22F3N3O4/c1-12-16(20(30)31-3)13(2)25-17(12)19(29)27-10-8-26(9-11-27)18(28)14-4-6-15(7-5-14)21(22,23)24/h4-7,25H,8-11H2,1-3H3. The molecule has 0 bridgehead atoms. The Kier molecular flexibility index (Phi) is 6.10. The normalized spacial score (nSPS) is 14.5. The fraction of sp³-hybridized carbons (Fsp3) is 0.381. The Hall–Kier alpha value is -3.30. The van der Waals surface area contributed by atoms with E-state index in [4.69, 9.17) is 4.74 Å². The highest BCUT2D eigenvalue weighted by Gasteiger charge is 2.32. The van der Waals surface area contributed by atoms with E-state index in [0.29, 0.717) is 22.5 Å². The van der Waals surface area contributed by atoms with Crippen LogP contribution in [0.2, 0.25) is 0 Å². The van der Waals surface area contributed by atoms with Crippen molar-refractivity contribution in [3.63, 3.8) is 0 Å². The van der Waals surface area contributed by atoms with Crippen molar-refractivity contribution in [2.45, 2.75) is 20.0 Å². The van der Waals surface area contributed by atoms with Crippen LogP contribution in [0.1, 0.15) is 48.0 Å². The molecule has 0 unspecified atom stereocenters. The number of hydrogen-bond acceptors (Lipinski definition) is 4. The van der Waals surface area contributed by atoms with Crippen LogP contribution in [0.4, 0.5) is 13.2 Å². The van der Waals surface area contributed by atoms with E-state index < -0.39 is 17.7 Å². The SMILES string of the molecule is COC(=O)c1c(C)[nH]c(C(=O)N2CCN(C(=O)c3ccc(C(F)(F)F)cc3)CC2)c1C. The zero-order chi connectivity index (χ0) is 22.9. The highest BCUT2D eigenvalue weighted by molar-refractivity contribution is 6.00. The summed E-state index contributed by atoms with van der Waals surface area (Å²) in [4.78, 5) is 43.4. The van der Waals surface area contributed by atoms with E-state index in [9.17, 15) is 27.6 Å². The lowest BCUT2D eigenvalue weighted by atomic mass is 10.1. The molecule has 0 atom stereocenters. The molecule has 0 radical (unpaired) electrons. The second kappa shape index (κ2) is 8.44. The van der Waals surface area contributed by atoms with Crippen LogP contribution in [0.15, 0.2) is 24.3 Å². The number of nitrogens with one attached hydrogen (secondary N) is 1. The second-order valence-electron chi connectivity index (χ2n) is 7.28. The molecule has 2 amide bonds. The predicted octanol–water partition coefficient (Wildman–Crippen LogP) is 3.04. The zero-order valence-corrected chi connectivity index (χ0v) is 17.3. The van der Waals surface area contributed by atoms with E-state index in [0.717, 1.165) is 24.3 Å². The molecule has 1 aromatic carbocycles. The summed E-state index contributed by atoms with van der Waals surface area (Å²) in [6.45, 7) is 4.35. The number of alkyl halides is 3. The zero-order valence-electron chi connectivity index (χ0n) is 17.3. The number of methoxy groups -OCH3 is 1. The highest BCUT2D eigenvalue weighted by atomic mass is 19.4. The van der Waals surface area contributed by atoms with Gasteiger partial charge in [0.25, 0.3) is 11.8 Å². The summed E-state index contributed by atoms with van der Waals surface area (Å²) in [6.07, 6.45) is -4.46. The number of aromatic nitrogens is 1. The maximum absolute atomic E-state index is 12.9. The van der Waals surface area contributed by atoms with Gasteiger partial charge in [-0.15, -0.1) is 0 Å². The van der Waals surface area contributed by atoms with Crippen molar-refractivity contribution in [2.75, 3.05) is 33.3 Å².